The van der Waals surface area contributed by atoms with Crippen LogP contribution in [0.3, 0.4) is 0 Å². The molecule has 0 amide bonds. The number of nitrogens with zero attached hydrogens (tertiary/aromatic N) is 2. The number of pyridine rings is 1. The Morgan fingerprint density at radius 2 is 1.17 bits per heavy atom. The molecule has 0 radical (unpaired) electrons. The molecule has 0 atom stereocenters. The highest BCUT2D eigenvalue weighted by molar-refractivity contribution is 6.13. The lowest BCUT2D eigenvalue weighted by molar-refractivity contribution is 0.670. The summed E-state index contributed by atoms with van der Waals surface area (Å²) in [5, 5.41) is 5.84. The smallest absolute Gasteiger partial charge is 0.145 e. The summed E-state index contributed by atoms with van der Waals surface area (Å²) in [6.07, 6.45) is 1.99. The van der Waals surface area contributed by atoms with Crippen LogP contribution in [0.5, 0.6) is 0 Å². The van der Waals surface area contributed by atoms with Crippen molar-refractivity contribution in [1.29, 1.82) is 0 Å². The third-order valence-electron chi connectivity index (χ3n) is 8.44. The summed E-state index contributed by atoms with van der Waals surface area (Å²) in [4.78, 5) is 4.89. The maximum absolute atomic E-state index is 6.36. The minimum atomic E-state index is 0.915. The maximum Gasteiger partial charge on any atom is 0.145 e. The molecule has 0 fully saturated rings. The van der Waals surface area contributed by atoms with E-state index in [1.54, 1.807) is 0 Å². The average molecular weight is 537 g/mol. The molecule has 0 saturated heterocycles. The molecule has 6 aromatic carbocycles. The maximum atomic E-state index is 6.36. The number of aromatic nitrogens is 2. The van der Waals surface area contributed by atoms with Gasteiger partial charge in [0.1, 0.15) is 16.8 Å². The molecule has 0 N–H and O–H groups in total. The normalized spacial score (nSPS) is 11.8. The molecule has 0 aliphatic heterocycles. The van der Waals surface area contributed by atoms with Gasteiger partial charge in [0, 0.05) is 32.7 Å². The minimum absolute atomic E-state index is 0.915. The lowest BCUT2D eigenvalue weighted by atomic mass is 9.96. The second-order valence-electron chi connectivity index (χ2n) is 10.8. The van der Waals surface area contributed by atoms with Gasteiger partial charge in [-0.25, -0.2) is 4.98 Å². The first-order valence-electron chi connectivity index (χ1n) is 14.2. The summed E-state index contributed by atoms with van der Waals surface area (Å²) in [5.41, 5.74) is 10.8. The SMILES string of the molecule is c1ccc(-c2cnc3c4ccccc4c4cc(-c5cccc(-c6cccc7c6oc6ccccc67)c5)ccc4n23)cc1. The standard InChI is InChI=1S/C39H24N2O/c1-2-10-25(11-3-1)36-24-40-39-33-16-5-4-14-30(33)34-23-27(20-21-35(34)41(36)39)26-12-8-13-28(22-26)29-17-9-18-32-31-15-6-7-19-37(31)42-38(29)32/h1-24H. The van der Waals surface area contributed by atoms with E-state index >= 15 is 0 Å². The molecule has 0 unspecified atom stereocenters. The van der Waals surface area contributed by atoms with Crippen molar-refractivity contribution in [2.45, 2.75) is 0 Å². The Morgan fingerprint density at radius 3 is 2.07 bits per heavy atom. The number of hydrogen-bond donors (Lipinski definition) is 0. The summed E-state index contributed by atoms with van der Waals surface area (Å²) < 4.78 is 8.66. The Balaban J connectivity index is 1.26. The molecule has 3 heterocycles. The van der Waals surface area contributed by atoms with Crippen molar-refractivity contribution in [3.8, 4) is 33.5 Å². The van der Waals surface area contributed by atoms with Gasteiger partial charge in [0.15, 0.2) is 0 Å². The largest absolute Gasteiger partial charge is 0.455 e. The lowest BCUT2D eigenvalue weighted by Gasteiger charge is -2.13. The van der Waals surface area contributed by atoms with Crippen LogP contribution in [-0.4, -0.2) is 9.38 Å². The molecule has 3 aromatic heterocycles. The molecule has 42 heavy (non-hydrogen) atoms. The van der Waals surface area contributed by atoms with Crippen molar-refractivity contribution in [1.82, 2.24) is 9.38 Å². The third kappa shape index (κ3) is 3.37. The van der Waals surface area contributed by atoms with Crippen molar-refractivity contribution in [2.75, 3.05) is 0 Å². The summed E-state index contributed by atoms with van der Waals surface area (Å²) in [7, 11) is 0. The quantitative estimate of drug-likeness (QED) is 0.210. The highest BCUT2D eigenvalue weighted by Crippen LogP contribution is 2.38. The number of imidazole rings is 1. The minimum Gasteiger partial charge on any atom is -0.455 e. The monoisotopic (exact) mass is 536 g/mol. The fourth-order valence-corrected chi connectivity index (χ4v) is 6.48. The molecule has 0 aliphatic rings. The van der Waals surface area contributed by atoms with Gasteiger partial charge in [0.05, 0.1) is 17.4 Å². The summed E-state index contributed by atoms with van der Waals surface area (Å²) >= 11 is 0. The van der Waals surface area contributed by atoms with Gasteiger partial charge in [-0.15, -0.1) is 0 Å². The van der Waals surface area contributed by atoms with Crippen LogP contribution in [0.15, 0.2) is 150 Å². The summed E-state index contributed by atoms with van der Waals surface area (Å²) in [6, 6.07) is 49.3. The van der Waals surface area contributed by atoms with E-state index in [1.807, 2.05) is 18.3 Å². The highest BCUT2D eigenvalue weighted by atomic mass is 16.3. The van der Waals surface area contributed by atoms with Crippen LogP contribution < -0.4 is 0 Å². The van der Waals surface area contributed by atoms with Gasteiger partial charge in [-0.3, -0.25) is 4.40 Å². The second-order valence-corrected chi connectivity index (χ2v) is 10.8. The molecular formula is C39H24N2O. The van der Waals surface area contributed by atoms with E-state index in [1.165, 1.54) is 21.9 Å². The van der Waals surface area contributed by atoms with E-state index < -0.39 is 0 Å². The van der Waals surface area contributed by atoms with E-state index in [9.17, 15) is 0 Å². The van der Waals surface area contributed by atoms with Gasteiger partial charge in [-0.2, -0.15) is 0 Å². The fraction of sp³-hybridized carbons (Fsp3) is 0. The zero-order valence-electron chi connectivity index (χ0n) is 22.7. The Kier molecular flexibility index (Phi) is 4.90. The third-order valence-corrected chi connectivity index (χ3v) is 8.44. The molecule has 9 rings (SSSR count). The molecule has 0 aliphatic carbocycles. The van der Waals surface area contributed by atoms with Crippen molar-refractivity contribution < 1.29 is 4.42 Å². The van der Waals surface area contributed by atoms with Crippen LogP contribution in [0.2, 0.25) is 0 Å². The van der Waals surface area contributed by atoms with Gasteiger partial charge >= 0.3 is 0 Å². The van der Waals surface area contributed by atoms with Crippen molar-refractivity contribution >= 4 is 49.3 Å². The highest BCUT2D eigenvalue weighted by Gasteiger charge is 2.16. The number of benzene rings is 6. The van der Waals surface area contributed by atoms with Crippen LogP contribution in [0, 0.1) is 0 Å². The number of para-hydroxylation sites is 2. The Bertz CT molecular complexity index is 2470. The molecule has 3 nitrogen and oxygen atoms in total. The van der Waals surface area contributed by atoms with E-state index in [-0.39, 0.29) is 0 Å². The van der Waals surface area contributed by atoms with Crippen molar-refractivity contribution in [3.05, 3.63) is 146 Å². The van der Waals surface area contributed by atoms with Gasteiger partial charge in [0.2, 0.25) is 0 Å². The molecule has 0 saturated carbocycles. The zero-order chi connectivity index (χ0) is 27.6. The van der Waals surface area contributed by atoms with Crippen LogP contribution >= 0.6 is 0 Å². The Morgan fingerprint density at radius 1 is 0.476 bits per heavy atom. The van der Waals surface area contributed by atoms with Gasteiger partial charge in [0.25, 0.3) is 0 Å². The van der Waals surface area contributed by atoms with Crippen LogP contribution in [-0.2, 0) is 0 Å². The molecule has 0 bridgehead atoms. The number of rotatable bonds is 3. The number of furan rings is 1. The lowest BCUT2D eigenvalue weighted by Crippen LogP contribution is -1.94. The molecule has 9 aromatic rings. The predicted octanol–water partition coefficient (Wildman–Crippen LogP) is 10.5. The topological polar surface area (TPSA) is 30.4 Å². The van der Waals surface area contributed by atoms with E-state index in [2.05, 4.69) is 132 Å². The van der Waals surface area contributed by atoms with E-state index in [0.717, 1.165) is 60.9 Å². The summed E-state index contributed by atoms with van der Waals surface area (Å²) in [5.74, 6) is 0. The van der Waals surface area contributed by atoms with Crippen LogP contribution in [0.4, 0.5) is 0 Å². The zero-order valence-corrected chi connectivity index (χ0v) is 22.7. The van der Waals surface area contributed by atoms with E-state index in [0.29, 0.717) is 0 Å². The van der Waals surface area contributed by atoms with Crippen LogP contribution in [0.25, 0.3) is 82.8 Å². The molecular weight excluding hydrogens is 512 g/mol. The predicted molar refractivity (Wildman–Crippen MR) is 174 cm³/mol. The van der Waals surface area contributed by atoms with Gasteiger partial charge in [-0.1, -0.05) is 115 Å². The Labute approximate surface area is 241 Å². The van der Waals surface area contributed by atoms with Crippen molar-refractivity contribution in [2.24, 2.45) is 0 Å². The molecule has 196 valence electrons. The second kappa shape index (κ2) is 8.92. The average Bonchev–Trinajstić information content (AvgIpc) is 3.68. The van der Waals surface area contributed by atoms with Gasteiger partial charge < -0.3 is 4.42 Å². The number of hydrogen-bond acceptors (Lipinski definition) is 2. The first kappa shape index (κ1) is 23.1. The van der Waals surface area contributed by atoms with Crippen LogP contribution in [0.1, 0.15) is 0 Å². The molecule has 0 spiro atoms. The number of fused-ring (bicyclic) bond motifs is 9. The van der Waals surface area contributed by atoms with E-state index in [4.69, 9.17) is 9.40 Å². The Hall–Kier alpha value is -5.67. The van der Waals surface area contributed by atoms with Crippen molar-refractivity contribution in [3.63, 3.8) is 0 Å². The summed E-state index contributed by atoms with van der Waals surface area (Å²) in [6.45, 7) is 0. The molecule has 3 heteroatoms. The van der Waals surface area contributed by atoms with Gasteiger partial charge in [-0.05, 0) is 46.3 Å². The fourth-order valence-electron chi connectivity index (χ4n) is 6.48. The first-order chi connectivity index (χ1) is 20.8. The first-order valence-corrected chi connectivity index (χ1v) is 14.2.